The zero-order chi connectivity index (χ0) is 21.6. The van der Waals surface area contributed by atoms with Gasteiger partial charge in [0.15, 0.2) is 0 Å². The molecule has 6 nitrogen and oxygen atoms in total. The summed E-state index contributed by atoms with van der Waals surface area (Å²) < 4.78 is 1.37. The molecular weight excluding hydrogens is 406 g/mol. The fourth-order valence-electron chi connectivity index (χ4n) is 4.17. The Hall–Kier alpha value is -2.51. The van der Waals surface area contributed by atoms with Gasteiger partial charge in [0, 0.05) is 61.2 Å². The molecule has 0 saturated carbocycles. The number of amides is 1. The number of aryl methyl sites for hydroxylation is 1. The van der Waals surface area contributed by atoms with Crippen molar-refractivity contribution in [3.8, 4) is 0 Å². The van der Waals surface area contributed by atoms with Gasteiger partial charge in [-0.1, -0.05) is 6.07 Å². The number of piperazine rings is 1. The Morgan fingerprint density at radius 3 is 2.68 bits per heavy atom. The number of thiophene rings is 1. The Morgan fingerprint density at radius 1 is 1.10 bits per heavy atom. The molecule has 0 radical (unpaired) electrons. The first kappa shape index (κ1) is 21.7. The van der Waals surface area contributed by atoms with Crippen molar-refractivity contribution in [1.29, 1.82) is 0 Å². The molecule has 0 unspecified atom stereocenters. The van der Waals surface area contributed by atoms with Crippen molar-refractivity contribution >= 4 is 33.0 Å². The number of hydrogen-bond donors (Lipinski definition) is 0. The zero-order valence-electron chi connectivity index (χ0n) is 18.5. The third kappa shape index (κ3) is 5.22. The van der Waals surface area contributed by atoms with E-state index in [2.05, 4.69) is 49.4 Å². The molecule has 1 aliphatic heterocycles. The van der Waals surface area contributed by atoms with Gasteiger partial charge in [0.05, 0.1) is 11.9 Å². The van der Waals surface area contributed by atoms with Crippen molar-refractivity contribution in [1.82, 2.24) is 19.8 Å². The fourth-order valence-corrected chi connectivity index (χ4v) is 4.98. The van der Waals surface area contributed by atoms with Crippen molar-refractivity contribution in [3.05, 3.63) is 53.4 Å². The molecule has 1 fully saturated rings. The predicted octanol–water partition coefficient (Wildman–Crippen LogP) is 4.06. The first-order valence-electron chi connectivity index (χ1n) is 11.2. The molecule has 164 valence electrons. The van der Waals surface area contributed by atoms with E-state index in [4.69, 9.17) is 0 Å². The molecular formula is C24H31N5OS. The number of nitrogens with zero attached hydrogens (tertiary/aromatic N) is 5. The number of anilines is 1. The van der Waals surface area contributed by atoms with Gasteiger partial charge in [-0.05, 0) is 56.8 Å². The summed E-state index contributed by atoms with van der Waals surface area (Å²) in [5.74, 6) is -0.0220. The number of unbranched alkanes of at least 4 members (excludes halogenated alkanes) is 1. The third-order valence-electron chi connectivity index (χ3n) is 6.01. The molecule has 0 atom stereocenters. The maximum Gasteiger partial charge on any atom is 0.274 e. The van der Waals surface area contributed by atoms with E-state index in [1.165, 1.54) is 15.8 Å². The van der Waals surface area contributed by atoms with E-state index in [0.29, 0.717) is 12.2 Å². The van der Waals surface area contributed by atoms with E-state index in [-0.39, 0.29) is 5.91 Å². The summed E-state index contributed by atoms with van der Waals surface area (Å²) in [4.78, 5) is 28.0. The Kier molecular flexibility index (Phi) is 7.14. The van der Waals surface area contributed by atoms with Crippen molar-refractivity contribution in [2.45, 2.75) is 26.7 Å². The molecule has 0 bridgehead atoms. The minimum Gasteiger partial charge on any atom is -0.368 e. The summed E-state index contributed by atoms with van der Waals surface area (Å²) in [5.41, 5.74) is 2.63. The largest absolute Gasteiger partial charge is 0.368 e. The van der Waals surface area contributed by atoms with Gasteiger partial charge in [-0.2, -0.15) is 0 Å². The van der Waals surface area contributed by atoms with Gasteiger partial charge in [-0.25, -0.2) is 4.98 Å². The minimum absolute atomic E-state index is 0.0220. The van der Waals surface area contributed by atoms with Crippen LogP contribution in [-0.4, -0.2) is 71.5 Å². The van der Waals surface area contributed by atoms with Crippen LogP contribution in [0.25, 0.3) is 10.1 Å². The van der Waals surface area contributed by atoms with Crippen LogP contribution in [0.15, 0.2) is 42.0 Å². The summed E-state index contributed by atoms with van der Waals surface area (Å²) >= 11 is 1.81. The van der Waals surface area contributed by atoms with E-state index in [1.807, 2.05) is 30.1 Å². The summed E-state index contributed by atoms with van der Waals surface area (Å²) in [6, 6.07) is 8.86. The van der Waals surface area contributed by atoms with Gasteiger partial charge in [0.1, 0.15) is 5.69 Å². The topological polar surface area (TPSA) is 52.6 Å². The molecule has 3 heterocycles. The van der Waals surface area contributed by atoms with Crippen molar-refractivity contribution < 1.29 is 4.79 Å². The Balaban J connectivity index is 1.20. The van der Waals surface area contributed by atoms with Crippen LogP contribution in [0.4, 0.5) is 5.69 Å². The van der Waals surface area contributed by atoms with Gasteiger partial charge in [-0.15, -0.1) is 11.3 Å². The first-order valence-corrected chi connectivity index (χ1v) is 12.0. The highest BCUT2D eigenvalue weighted by molar-refractivity contribution is 7.17. The molecule has 2 aromatic heterocycles. The summed E-state index contributed by atoms with van der Waals surface area (Å²) in [7, 11) is 0. The second kappa shape index (κ2) is 10.2. The summed E-state index contributed by atoms with van der Waals surface area (Å²) in [6.07, 6.45) is 5.34. The van der Waals surface area contributed by atoms with Crippen molar-refractivity contribution in [3.63, 3.8) is 0 Å². The summed E-state index contributed by atoms with van der Waals surface area (Å²) in [5, 5.41) is 3.56. The highest BCUT2D eigenvalue weighted by atomic mass is 32.1. The maximum atomic E-state index is 12.6. The van der Waals surface area contributed by atoms with Crippen LogP contribution >= 0.6 is 11.3 Å². The van der Waals surface area contributed by atoms with Crippen LogP contribution in [0, 0.1) is 6.92 Å². The number of aromatic nitrogens is 2. The second-order valence-electron chi connectivity index (χ2n) is 8.07. The number of rotatable bonds is 8. The van der Waals surface area contributed by atoms with E-state index >= 15 is 0 Å². The lowest BCUT2D eigenvalue weighted by Gasteiger charge is -2.36. The number of benzene rings is 1. The predicted molar refractivity (Wildman–Crippen MR) is 128 cm³/mol. The molecule has 3 aromatic rings. The monoisotopic (exact) mass is 437 g/mol. The molecule has 1 aliphatic rings. The smallest absolute Gasteiger partial charge is 0.274 e. The van der Waals surface area contributed by atoms with E-state index in [1.54, 1.807) is 12.4 Å². The average molecular weight is 438 g/mol. The molecule has 0 N–H and O–H groups in total. The number of carbonyl (C=O) groups is 1. The van der Waals surface area contributed by atoms with Crippen LogP contribution in [0.2, 0.25) is 0 Å². The lowest BCUT2D eigenvalue weighted by molar-refractivity contribution is 0.0753. The van der Waals surface area contributed by atoms with Gasteiger partial charge in [0.2, 0.25) is 0 Å². The molecule has 31 heavy (non-hydrogen) atoms. The third-order valence-corrected chi connectivity index (χ3v) is 6.89. The maximum absolute atomic E-state index is 12.6. The average Bonchev–Trinajstić information content (AvgIpc) is 3.29. The summed E-state index contributed by atoms with van der Waals surface area (Å²) in [6.45, 7) is 10.8. The normalized spacial score (nSPS) is 14.8. The number of hydrogen-bond acceptors (Lipinski definition) is 6. The zero-order valence-corrected chi connectivity index (χ0v) is 19.3. The number of carbonyl (C=O) groups excluding carboxylic acids is 1. The van der Waals surface area contributed by atoms with E-state index in [0.717, 1.165) is 57.8 Å². The van der Waals surface area contributed by atoms with Crippen molar-refractivity contribution in [2.24, 2.45) is 0 Å². The van der Waals surface area contributed by atoms with Crippen molar-refractivity contribution in [2.75, 3.05) is 50.7 Å². The molecule has 1 amide bonds. The van der Waals surface area contributed by atoms with Crippen LogP contribution in [0.1, 0.15) is 35.9 Å². The van der Waals surface area contributed by atoms with Gasteiger partial charge in [-0.3, -0.25) is 14.7 Å². The van der Waals surface area contributed by atoms with Crippen LogP contribution < -0.4 is 4.90 Å². The Morgan fingerprint density at radius 2 is 1.94 bits per heavy atom. The van der Waals surface area contributed by atoms with Gasteiger partial charge < -0.3 is 9.80 Å². The lowest BCUT2D eigenvalue weighted by Crippen LogP contribution is -2.46. The Bertz CT molecular complexity index is 995. The second-order valence-corrected chi connectivity index (χ2v) is 9.02. The fraction of sp³-hybridized carbons (Fsp3) is 0.458. The Labute approximate surface area is 188 Å². The highest BCUT2D eigenvalue weighted by Gasteiger charge is 2.19. The number of fused-ring (bicyclic) bond motifs is 1. The molecule has 0 spiro atoms. The van der Waals surface area contributed by atoms with E-state index < -0.39 is 0 Å². The SMILES string of the molecule is CCN(CCCCN1CCN(c2cccc3sccc23)CC1)C(=O)c1cnc(C)cn1. The highest BCUT2D eigenvalue weighted by Crippen LogP contribution is 2.31. The first-order chi connectivity index (χ1) is 15.2. The minimum atomic E-state index is -0.0220. The van der Waals surface area contributed by atoms with Crippen LogP contribution in [-0.2, 0) is 0 Å². The molecule has 1 aromatic carbocycles. The molecule has 7 heteroatoms. The van der Waals surface area contributed by atoms with E-state index in [9.17, 15) is 4.79 Å². The molecule has 0 aliphatic carbocycles. The van der Waals surface area contributed by atoms with Gasteiger partial charge >= 0.3 is 0 Å². The standard InChI is InChI=1S/C24H31N5OS/c1-3-28(24(30)21-18-25-19(2)17-26-21)11-5-4-10-27-12-14-29(15-13-27)22-7-6-8-23-20(22)9-16-31-23/h6-9,16-18H,3-5,10-15H2,1-2H3. The van der Waals surface area contributed by atoms with Crippen LogP contribution in [0.3, 0.4) is 0 Å². The molecule has 1 saturated heterocycles. The lowest BCUT2D eigenvalue weighted by atomic mass is 10.1. The van der Waals surface area contributed by atoms with Gasteiger partial charge in [0.25, 0.3) is 5.91 Å². The van der Waals surface area contributed by atoms with Crippen LogP contribution in [0.5, 0.6) is 0 Å². The quantitative estimate of drug-likeness (QED) is 0.498. The molecule has 4 rings (SSSR count).